The molecule has 4 rings (SSSR count). The van der Waals surface area contributed by atoms with Crippen molar-refractivity contribution in [2.24, 2.45) is 0 Å². The number of nitrogens with one attached hydrogen (secondary N) is 1. The molecule has 0 atom stereocenters. The first-order valence-electron chi connectivity index (χ1n) is 10.3. The third kappa shape index (κ3) is 4.27. The minimum Gasteiger partial charge on any atom is -0.465 e. The summed E-state index contributed by atoms with van der Waals surface area (Å²) in [6.07, 6.45) is 2.92. The Morgan fingerprint density at radius 1 is 1.07 bits per heavy atom. The molecule has 1 aliphatic heterocycles. The van der Waals surface area contributed by atoms with Crippen LogP contribution in [0.15, 0.2) is 54.6 Å². The van der Waals surface area contributed by atoms with Gasteiger partial charge >= 0.3 is 5.97 Å². The Kier molecular flexibility index (Phi) is 5.93. The van der Waals surface area contributed by atoms with E-state index in [1.165, 1.54) is 7.11 Å². The van der Waals surface area contributed by atoms with Gasteiger partial charge in [-0.25, -0.2) is 9.78 Å². The summed E-state index contributed by atoms with van der Waals surface area (Å²) in [5.74, 6) is 0.306. The van der Waals surface area contributed by atoms with Gasteiger partial charge in [0.15, 0.2) is 0 Å². The van der Waals surface area contributed by atoms with E-state index in [-0.39, 0.29) is 11.9 Å². The Labute approximate surface area is 175 Å². The number of nitrogens with zero attached hydrogens (tertiary/aromatic N) is 2. The van der Waals surface area contributed by atoms with Crippen LogP contribution in [-0.2, 0) is 11.2 Å². The van der Waals surface area contributed by atoms with Gasteiger partial charge in [0.25, 0.3) is 5.91 Å². The molecule has 1 amide bonds. The molecule has 3 aromatic rings. The molecule has 1 saturated heterocycles. The molecule has 6 nitrogen and oxygen atoms in total. The second-order valence-electron chi connectivity index (χ2n) is 7.44. The summed E-state index contributed by atoms with van der Waals surface area (Å²) in [6, 6.07) is 17.1. The quantitative estimate of drug-likeness (QED) is 0.637. The van der Waals surface area contributed by atoms with E-state index in [9.17, 15) is 9.59 Å². The summed E-state index contributed by atoms with van der Waals surface area (Å²) in [7, 11) is 1.36. The van der Waals surface area contributed by atoms with Crippen molar-refractivity contribution in [2.75, 3.05) is 31.6 Å². The zero-order chi connectivity index (χ0) is 20.9. The second kappa shape index (κ2) is 8.95. The molecule has 0 unspecified atom stereocenters. The minimum absolute atomic E-state index is 0.110. The van der Waals surface area contributed by atoms with Crippen LogP contribution >= 0.6 is 0 Å². The zero-order valence-corrected chi connectivity index (χ0v) is 17.1. The third-order valence-corrected chi connectivity index (χ3v) is 5.43. The van der Waals surface area contributed by atoms with Crippen LogP contribution in [-0.4, -0.2) is 43.6 Å². The fraction of sp³-hybridized carbons (Fsp3) is 0.292. The van der Waals surface area contributed by atoms with Crippen LogP contribution in [0.25, 0.3) is 10.9 Å². The van der Waals surface area contributed by atoms with Gasteiger partial charge in [-0.2, -0.15) is 0 Å². The number of carbonyl (C=O) groups excluding carboxylic acids is 2. The van der Waals surface area contributed by atoms with Crippen molar-refractivity contribution in [1.29, 1.82) is 0 Å². The summed E-state index contributed by atoms with van der Waals surface area (Å²) in [6.45, 7) is 2.36. The number of ether oxygens (including phenoxy) is 1. The number of anilines is 1. The molecule has 0 saturated carbocycles. The first-order valence-corrected chi connectivity index (χ1v) is 10.3. The molecule has 2 aromatic carbocycles. The van der Waals surface area contributed by atoms with Gasteiger partial charge < -0.3 is 15.0 Å². The normalized spacial score (nSPS) is 13.4. The number of rotatable bonds is 6. The van der Waals surface area contributed by atoms with Crippen molar-refractivity contribution < 1.29 is 14.3 Å². The molecule has 0 bridgehead atoms. The van der Waals surface area contributed by atoms with E-state index in [0.29, 0.717) is 24.1 Å². The van der Waals surface area contributed by atoms with Crippen molar-refractivity contribution in [3.8, 4) is 0 Å². The lowest BCUT2D eigenvalue weighted by Crippen LogP contribution is -2.29. The summed E-state index contributed by atoms with van der Waals surface area (Å²) in [5.41, 5.74) is 3.08. The Morgan fingerprint density at radius 3 is 2.53 bits per heavy atom. The highest BCUT2D eigenvalue weighted by Gasteiger charge is 2.21. The van der Waals surface area contributed by atoms with Crippen molar-refractivity contribution in [3.63, 3.8) is 0 Å². The number of pyridine rings is 1. The summed E-state index contributed by atoms with van der Waals surface area (Å²) < 4.78 is 4.72. The number of para-hydroxylation sites is 1. The molecule has 1 aromatic heterocycles. The Balaban J connectivity index is 1.47. The van der Waals surface area contributed by atoms with E-state index in [2.05, 4.69) is 10.2 Å². The van der Waals surface area contributed by atoms with Crippen molar-refractivity contribution in [3.05, 3.63) is 71.3 Å². The Bertz CT molecular complexity index is 1060. The Morgan fingerprint density at radius 2 is 1.80 bits per heavy atom. The van der Waals surface area contributed by atoms with Gasteiger partial charge in [-0.3, -0.25) is 4.79 Å². The van der Waals surface area contributed by atoms with E-state index in [0.717, 1.165) is 48.2 Å². The maximum absolute atomic E-state index is 13.0. The lowest BCUT2D eigenvalue weighted by atomic mass is 10.1. The Hall–Kier alpha value is -3.41. The minimum atomic E-state index is -0.354. The largest absolute Gasteiger partial charge is 0.465 e. The fourth-order valence-electron chi connectivity index (χ4n) is 3.78. The number of benzene rings is 2. The highest BCUT2D eigenvalue weighted by Crippen LogP contribution is 2.26. The fourth-order valence-corrected chi connectivity index (χ4v) is 3.78. The van der Waals surface area contributed by atoms with E-state index in [4.69, 9.17) is 9.72 Å². The van der Waals surface area contributed by atoms with E-state index >= 15 is 0 Å². The van der Waals surface area contributed by atoms with Crippen LogP contribution in [0.4, 0.5) is 5.82 Å². The monoisotopic (exact) mass is 403 g/mol. The number of aromatic nitrogens is 1. The molecule has 1 fully saturated rings. The maximum atomic E-state index is 13.0. The van der Waals surface area contributed by atoms with Crippen LogP contribution in [0.5, 0.6) is 0 Å². The molecular formula is C24H25N3O3. The van der Waals surface area contributed by atoms with Crippen LogP contribution in [0.2, 0.25) is 0 Å². The predicted octanol–water partition coefficient (Wildman–Crippen LogP) is 3.59. The highest BCUT2D eigenvalue weighted by atomic mass is 16.5. The topological polar surface area (TPSA) is 71.5 Å². The number of hydrogen-bond donors (Lipinski definition) is 1. The third-order valence-electron chi connectivity index (χ3n) is 5.43. The lowest BCUT2D eigenvalue weighted by molar-refractivity contribution is 0.0600. The maximum Gasteiger partial charge on any atom is 0.337 e. The first-order chi connectivity index (χ1) is 14.7. The van der Waals surface area contributed by atoms with Crippen molar-refractivity contribution in [1.82, 2.24) is 10.3 Å². The van der Waals surface area contributed by atoms with Crippen LogP contribution in [0.3, 0.4) is 0 Å². The van der Waals surface area contributed by atoms with Crippen LogP contribution < -0.4 is 10.2 Å². The highest BCUT2D eigenvalue weighted by molar-refractivity contribution is 6.02. The molecule has 1 aliphatic rings. The molecule has 2 heterocycles. The van der Waals surface area contributed by atoms with E-state index in [1.54, 1.807) is 12.1 Å². The smallest absolute Gasteiger partial charge is 0.337 e. The molecule has 30 heavy (non-hydrogen) atoms. The van der Waals surface area contributed by atoms with E-state index in [1.807, 2.05) is 42.5 Å². The summed E-state index contributed by atoms with van der Waals surface area (Å²) in [5, 5.41) is 3.99. The molecule has 0 spiro atoms. The van der Waals surface area contributed by atoms with Gasteiger partial charge in [0.1, 0.15) is 5.82 Å². The number of fused-ring (bicyclic) bond motifs is 1. The number of amides is 1. The zero-order valence-electron chi connectivity index (χ0n) is 17.1. The SMILES string of the molecule is COC(=O)c1ccc(CCNC(=O)c2cc3ccccc3nc2N2CCCC2)cc1. The average Bonchev–Trinajstić information content (AvgIpc) is 3.33. The molecule has 1 N–H and O–H groups in total. The van der Waals surface area contributed by atoms with Gasteiger partial charge in [0.05, 0.1) is 23.8 Å². The van der Waals surface area contributed by atoms with E-state index < -0.39 is 0 Å². The average molecular weight is 403 g/mol. The van der Waals surface area contributed by atoms with Gasteiger partial charge in [0, 0.05) is 25.0 Å². The predicted molar refractivity (Wildman–Crippen MR) is 117 cm³/mol. The van der Waals surface area contributed by atoms with Gasteiger partial charge in [-0.15, -0.1) is 0 Å². The van der Waals surface area contributed by atoms with Gasteiger partial charge in [-0.05, 0) is 49.1 Å². The lowest BCUT2D eigenvalue weighted by Gasteiger charge is -2.20. The number of methoxy groups -OCH3 is 1. The molecule has 154 valence electrons. The van der Waals surface area contributed by atoms with Crippen molar-refractivity contribution >= 4 is 28.6 Å². The molecular weight excluding hydrogens is 378 g/mol. The van der Waals surface area contributed by atoms with Gasteiger partial charge in [-0.1, -0.05) is 30.3 Å². The molecule has 0 radical (unpaired) electrons. The van der Waals surface area contributed by atoms with Crippen LogP contribution in [0, 0.1) is 0 Å². The van der Waals surface area contributed by atoms with Crippen molar-refractivity contribution in [2.45, 2.75) is 19.3 Å². The molecule has 0 aliphatic carbocycles. The number of carbonyl (C=O) groups is 2. The van der Waals surface area contributed by atoms with Crippen LogP contribution in [0.1, 0.15) is 39.1 Å². The standard InChI is InChI=1S/C24H25N3O3/c1-30-24(29)18-10-8-17(9-11-18)12-13-25-23(28)20-16-19-6-2-3-7-21(19)26-22(20)27-14-4-5-15-27/h2-3,6-11,16H,4-5,12-15H2,1H3,(H,25,28). The molecule has 6 heteroatoms. The summed E-state index contributed by atoms with van der Waals surface area (Å²) in [4.78, 5) is 31.5. The van der Waals surface area contributed by atoms with Gasteiger partial charge in [0.2, 0.25) is 0 Å². The number of esters is 1. The summed E-state index contributed by atoms with van der Waals surface area (Å²) >= 11 is 0. The number of hydrogen-bond acceptors (Lipinski definition) is 5. The second-order valence-corrected chi connectivity index (χ2v) is 7.44. The first kappa shape index (κ1) is 19.9.